The second kappa shape index (κ2) is 6.93. The van der Waals surface area contributed by atoms with E-state index in [0.29, 0.717) is 25.4 Å². The maximum absolute atomic E-state index is 12.1. The summed E-state index contributed by atoms with van der Waals surface area (Å²) in [6.07, 6.45) is 2.62. The molecule has 0 radical (unpaired) electrons. The summed E-state index contributed by atoms with van der Waals surface area (Å²) < 4.78 is 11.6. The van der Waals surface area contributed by atoms with Gasteiger partial charge in [0.1, 0.15) is 17.3 Å². The van der Waals surface area contributed by atoms with Gasteiger partial charge in [-0.25, -0.2) is 0 Å². The highest BCUT2D eigenvalue weighted by Crippen LogP contribution is 2.34. The average Bonchev–Trinajstić information content (AvgIpc) is 3.29. The fourth-order valence-corrected chi connectivity index (χ4v) is 2.62. The zero-order valence-corrected chi connectivity index (χ0v) is 13.0. The summed E-state index contributed by atoms with van der Waals surface area (Å²) in [7, 11) is 0. The van der Waals surface area contributed by atoms with Crippen LogP contribution >= 0.6 is 0 Å². The monoisotopic (exact) mass is 298 g/mol. The van der Waals surface area contributed by atoms with E-state index < -0.39 is 0 Å². The van der Waals surface area contributed by atoms with Gasteiger partial charge in [-0.05, 0) is 37.5 Å². The van der Waals surface area contributed by atoms with E-state index in [1.165, 1.54) is 0 Å². The predicted molar refractivity (Wildman–Crippen MR) is 84.6 cm³/mol. The minimum absolute atomic E-state index is 0.0190. The van der Waals surface area contributed by atoms with E-state index in [9.17, 15) is 4.79 Å². The van der Waals surface area contributed by atoms with Crippen molar-refractivity contribution in [2.75, 3.05) is 6.61 Å². The quantitative estimate of drug-likeness (QED) is 0.731. The summed E-state index contributed by atoms with van der Waals surface area (Å²) in [6, 6.07) is 14.0. The Hall–Kier alpha value is -1.87. The van der Waals surface area contributed by atoms with Crippen molar-refractivity contribution in [3.63, 3.8) is 0 Å². The van der Waals surface area contributed by atoms with Crippen LogP contribution in [0.2, 0.25) is 0 Å². The van der Waals surface area contributed by atoms with Crippen molar-refractivity contribution in [3.05, 3.63) is 59.5 Å². The van der Waals surface area contributed by atoms with E-state index in [0.717, 1.165) is 29.9 Å². The Morgan fingerprint density at radius 2 is 2.00 bits per heavy atom. The molecular formula is C19H22O3. The van der Waals surface area contributed by atoms with Crippen LogP contribution in [-0.2, 0) is 16.1 Å². The Kier molecular flexibility index (Phi) is 4.74. The van der Waals surface area contributed by atoms with E-state index in [2.05, 4.69) is 0 Å². The number of rotatable bonds is 8. The van der Waals surface area contributed by atoms with Crippen molar-refractivity contribution in [2.45, 2.75) is 38.7 Å². The van der Waals surface area contributed by atoms with Crippen molar-refractivity contribution in [1.82, 2.24) is 0 Å². The van der Waals surface area contributed by atoms with E-state index in [4.69, 9.17) is 9.15 Å². The zero-order chi connectivity index (χ0) is 15.4. The lowest BCUT2D eigenvalue weighted by Crippen LogP contribution is -2.14. The Balaban J connectivity index is 1.59. The van der Waals surface area contributed by atoms with Crippen LogP contribution in [0.1, 0.15) is 42.3 Å². The number of furan rings is 1. The summed E-state index contributed by atoms with van der Waals surface area (Å²) >= 11 is 0. The molecule has 1 fully saturated rings. The zero-order valence-electron chi connectivity index (χ0n) is 13.0. The topological polar surface area (TPSA) is 39.4 Å². The van der Waals surface area contributed by atoms with Gasteiger partial charge in [0.25, 0.3) is 0 Å². The largest absolute Gasteiger partial charge is 0.466 e. The number of hydrogen-bond acceptors (Lipinski definition) is 3. The van der Waals surface area contributed by atoms with Crippen LogP contribution in [-0.4, -0.2) is 12.4 Å². The fourth-order valence-electron chi connectivity index (χ4n) is 2.62. The summed E-state index contributed by atoms with van der Waals surface area (Å²) in [5.41, 5.74) is 1.14. The molecule has 0 N–H and O–H groups in total. The minimum Gasteiger partial charge on any atom is -0.466 e. The average molecular weight is 298 g/mol. The van der Waals surface area contributed by atoms with Crippen LogP contribution in [0.5, 0.6) is 0 Å². The molecule has 1 aromatic heterocycles. The van der Waals surface area contributed by atoms with Gasteiger partial charge in [0.15, 0.2) is 0 Å². The van der Waals surface area contributed by atoms with Gasteiger partial charge in [0.05, 0.1) is 13.2 Å². The Morgan fingerprint density at radius 1 is 1.23 bits per heavy atom. The lowest BCUT2D eigenvalue weighted by molar-refractivity contribution is -0.121. The van der Waals surface area contributed by atoms with Gasteiger partial charge in [-0.1, -0.05) is 30.3 Å². The van der Waals surface area contributed by atoms with Crippen LogP contribution in [0.15, 0.2) is 46.9 Å². The highest BCUT2D eigenvalue weighted by atomic mass is 16.5. The lowest BCUT2D eigenvalue weighted by Gasteiger charge is -2.14. The molecule has 116 valence electrons. The second-order valence-corrected chi connectivity index (χ2v) is 6.09. The van der Waals surface area contributed by atoms with E-state index in [1.54, 1.807) is 0 Å². The maximum atomic E-state index is 12.1. The van der Waals surface area contributed by atoms with E-state index >= 15 is 0 Å². The normalized spacial score (nSPS) is 15.7. The molecule has 0 spiro atoms. The van der Waals surface area contributed by atoms with Crippen LogP contribution in [0.25, 0.3) is 0 Å². The molecule has 3 rings (SSSR count). The Bertz CT molecular complexity index is 611. The maximum Gasteiger partial charge on any atom is 0.136 e. The standard InChI is InChI=1S/C19H22O3/c1-14-7-10-19(22-14)17(11-18(20)16-8-9-16)13-21-12-15-5-3-2-4-6-15/h2-7,10,16-17H,8-9,11-13H2,1H3. The van der Waals surface area contributed by atoms with Crippen molar-refractivity contribution in [2.24, 2.45) is 5.92 Å². The summed E-state index contributed by atoms with van der Waals surface area (Å²) in [6.45, 7) is 3.00. The first-order valence-corrected chi connectivity index (χ1v) is 7.93. The molecule has 1 unspecified atom stereocenters. The number of ketones is 1. The third-order valence-electron chi connectivity index (χ3n) is 4.07. The first-order chi connectivity index (χ1) is 10.7. The fraction of sp³-hybridized carbons (Fsp3) is 0.421. The summed E-state index contributed by atoms with van der Waals surface area (Å²) in [4.78, 5) is 12.1. The van der Waals surface area contributed by atoms with Crippen LogP contribution in [0.4, 0.5) is 0 Å². The molecule has 1 aromatic carbocycles. The minimum atomic E-state index is 0.0190. The molecule has 22 heavy (non-hydrogen) atoms. The van der Waals surface area contributed by atoms with Crippen molar-refractivity contribution < 1.29 is 13.9 Å². The number of benzene rings is 1. The van der Waals surface area contributed by atoms with Crippen molar-refractivity contribution in [1.29, 1.82) is 0 Å². The molecule has 0 amide bonds. The molecular weight excluding hydrogens is 276 g/mol. The molecule has 1 saturated carbocycles. The smallest absolute Gasteiger partial charge is 0.136 e. The van der Waals surface area contributed by atoms with Gasteiger partial charge >= 0.3 is 0 Å². The Labute approximate surface area is 131 Å². The molecule has 1 aliphatic rings. The predicted octanol–water partition coefficient (Wildman–Crippen LogP) is 4.26. The van der Waals surface area contributed by atoms with Gasteiger partial charge in [-0.15, -0.1) is 0 Å². The number of carbonyl (C=O) groups is 1. The lowest BCUT2D eigenvalue weighted by atomic mass is 9.98. The summed E-state index contributed by atoms with van der Waals surface area (Å²) in [5, 5.41) is 0. The SMILES string of the molecule is Cc1ccc(C(COCc2ccccc2)CC(=O)C2CC2)o1. The molecule has 0 bridgehead atoms. The number of carbonyl (C=O) groups excluding carboxylic acids is 1. The second-order valence-electron chi connectivity index (χ2n) is 6.09. The molecule has 0 aliphatic heterocycles. The summed E-state index contributed by atoms with van der Waals surface area (Å²) in [5.74, 6) is 2.39. The first kappa shape index (κ1) is 15.0. The molecule has 2 aromatic rings. The highest BCUT2D eigenvalue weighted by molar-refractivity contribution is 5.83. The number of Topliss-reactive ketones (excluding diaryl/α,β-unsaturated/α-hetero) is 1. The molecule has 1 heterocycles. The van der Waals surface area contributed by atoms with Gasteiger partial charge in [-0.2, -0.15) is 0 Å². The number of ether oxygens (including phenoxy) is 1. The van der Waals surface area contributed by atoms with Gasteiger partial charge in [0, 0.05) is 18.3 Å². The Morgan fingerprint density at radius 3 is 2.64 bits per heavy atom. The van der Waals surface area contributed by atoms with Crippen molar-refractivity contribution >= 4 is 5.78 Å². The van der Waals surface area contributed by atoms with Crippen molar-refractivity contribution in [3.8, 4) is 0 Å². The highest BCUT2D eigenvalue weighted by Gasteiger charge is 2.32. The van der Waals surface area contributed by atoms with Crippen LogP contribution in [0.3, 0.4) is 0 Å². The van der Waals surface area contributed by atoms with Crippen LogP contribution in [0, 0.1) is 12.8 Å². The first-order valence-electron chi connectivity index (χ1n) is 7.93. The number of hydrogen-bond donors (Lipinski definition) is 0. The third kappa shape index (κ3) is 4.08. The van der Waals surface area contributed by atoms with Gasteiger partial charge in [-0.3, -0.25) is 4.79 Å². The van der Waals surface area contributed by atoms with E-state index in [-0.39, 0.29) is 11.8 Å². The number of aryl methyl sites for hydroxylation is 1. The van der Waals surface area contributed by atoms with E-state index in [1.807, 2.05) is 49.4 Å². The van der Waals surface area contributed by atoms with Gasteiger partial charge < -0.3 is 9.15 Å². The molecule has 3 nitrogen and oxygen atoms in total. The van der Waals surface area contributed by atoms with Gasteiger partial charge in [0.2, 0.25) is 0 Å². The molecule has 1 aliphatic carbocycles. The third-order valence-corrected chi connectivity index (χ3v) is 4.07. The van der Waals surface area contributed by atoms with Crippen LogP contribution < -0.4 is 0 Å². The molecule has 0 saturated heterocycles. The molecule has 1 atom stereocenters. The molecule has 3 heteroatoms.